The Balaban J connectivity index is 0.00000261. The molecule has 4 N–H and O–H groups in total. The normalized spacial score (nSPS) is 11.1. The molecule has 1 amide bonds. The Hall–Kier alpha value is -2.55. The van der Waals surface area contributed by atoms with Crippen molar-refractivity contribution in [3.05, 3.63) is 71.0 Å². The molecule has 2 aromatic carbocycles. The number of hydrogen-bond acceptors (Lipinski definition) is 3. The summed E-state index contributed by atoms with van der Waals surface area (Å²) in [7, 11) is 1.72. The molecule has 1 aromatic heterocycles. The van der Waals surface area contributed by atoms with Gasteiger partial charge in [-0.1, -0.05) is 30.3 Å². The van der Waals surface area contributed by atoms with E-state index in [9.17, 15) is 4.79 Å². The first-order valence-corrected chi connectivity index (χ1v) is 8.38. The van der Waals surface area contributed by atoms with Crippen LogP contribution in [0.4, 0.5) is 0 Å². The topological polar surface area (TPSA) is 92.6 Å². The van der Waals surface area contributed by atoms with Crippen LogP contribution in [0.15, 0.2) is 57.9 Å². The Kier molecular flexibility index (Phi) is 7.23. The minimum atomic E-state index is -0.428. The number of nitrogens with zero attached hydrogens (tertiary/aromatic N) is 1. The number of fused-ring (bicyclic) bond motifs is 1. The molecule has 7 heteroatoms. The minimum absolute atomic E-state index is 0. The highest BCUT2D eigenvalue weighted by atomic mass is 127. The molecule has 0 fully saturated rings. The first kappa shape index (κ1) is 20.8. The molecule has 27 heavy (non-hydrogen) atoms. The lowest BCUT2D eigenvalue weighted by atomic mass is 10.1. The third-order valence-corrected chi connectivity index (χ3v) is 4.28. The highest BCUT2D eigenvalue weighted by Gasteiger charge is 2.10. The number of para-hydroxylation sites is 1. The molecule has 3 aromatic rings. The summed E-state index contributed by atoms with van der Waals surface area (Å²) in [5.74, 6) is 1.13. The molecule has 1 heterocycles. The summed E-state index contributed by atoms with van der Waals surface area (Å²) in [6, 6.07) is 15.2. The molecule has 6 nitrogen and oxygen atoms in total. The Labute approximate surface area is 175 Å². The summed E-state index contributed by atoms with van der Waals surface area (Å²) < 4.78 is 5.90. The van der Waals surface area contributed by atoms with Crippen LogP contribution in [0.3, 0.4) is 0 Å². The highest BCUT2D eigenvalue weighted by Crippen LogP contribution is 2.24. The average Bonchev–Trinajstić information content (AvgIpc) is 2.98. The zero-order valence-electron chi connectivity index (χ0n) is 15.3. The van der Waals surface area contributed by atoms with Crippen LogP contribution in [0.25, 0.3) is 11.0 Å². The molecule has 0 saturated heterocycles. The van der Waals surface area contributed by atoms with Gasteiger partial charge in [-0.25, -0.2) is 0 Å². The third kappa shape index (κ3) is 5.00. The number of aryl methyl sites for hydroxylation is 1. The van der Waals surface area contributed by atoms with Crippen LogP contribution in [-0.2, 0) is 13.1 Å². The maximum atomic E-state index is 11.1. The summed E-state index contributed by atoms with van der Waals surface area (Å²) in [5.41, 5.74) is 8.79. The van der Waals surface area contributed by atoms with Gasteiger partial charge in [0.25, 0.3) is 0 Å². The van der Waals surface area contributed by atoms with Gasteiger partial charge in [-0.05, 0) is 30.7 Å². The molecule has 0 aliphatic heterocycles. The number of carbonyl (C=O) groups excluding carboxylic acids is 1. The lowest BCUT2D eigenvalue weighted by molar-refractivity contribution is 0.100. The number of halogens is 1. The molecule has 0 spiro atoms. The van der Waals surface area contributed by atoms with E-state index in [0.29, 0.717) is 24.6 Å². The number of rotatable bonds is 5. The van der Waals surface area contributed by atoms with E-state index >= 15 is 0 Å². The van der Waals surface area contributed by atoms with Crippen molar-refractivity contribution in [1.82, 2.24) is 10.6 Å². The lowest BCUT2D eigenvalue weighted by Gasteiger charge is -2.11. The fourth-order valence-corrected chi connectivity index (χ4v) is 2.75. The molecule has 0 atom stereocenters. The molecule has 0 bridgehead atoms. The van der Waals surface area contributed by atoms with E-state index in [1.807, 2.05) is 30.3 Å². The fraction of sp³-hybridized carbons (Fsp3) is 0.200. The lowest BCUT2D eigenvalue weighted by Crippen LogP contribution is -2.36. The van der Waals surface area contributed by atoms with Gasteiger partial charge in [-0.15, -0.1) is 24.0 Å². The third-order valence-electron chi connectivity index (χ3n) is 4.28. The summed E-state index contributed by atoms with van der Waals surface area (Å²) in [6.07, 6.45) is 0. The number of amides is 1. The van der Waals surface area contributed by atoms with Crippen molar-refractivity contribution in [2.24, 2.45) is 10.7 Å². The molecule has 3 rings (SSSR count). The van der Waals surface area contributed by atoms with Crippen LogP contribution in [0.5, 0.6) is 0 Å². The monoisotopic (exact) mass is 478 g/mol. The zero-order chi connectivity index (χ0) is 18.5. The van der Waals surface area contributed by atoms with Gasteiger partial charge in [0.05, 0.1) is 6.54 Å². The Morgan fingerprint density at radius 3 is 2.37 bits per heavy atom. The van der Waals surface area contributed by atoms with E-state index in [0.717, 1.165) is 27.9 Å². The zero-order valence-corrected chi connectivity index (χ0v) is 17.6. The number of aliphatic imine (C=N–C) groups is 1. The maximum Gasteiger partial charge on any atom is 0.248 e. The van der Waals surface area contributed by atoms with Crippen molar-refractivity contribution in [2.75, 3.05) is 7.05 Å². The summed E-state index contributed by atoms with van der Waals surface area (Å²) >= 11 is 0. The van der Waals surface area contributed by atoms with Crippen LogP contribution in [0, 0.1) is 6.92 Å². The van der Waals surface area contributed by atoms with Gasteiger partial charge in [0.2, 0.25) is 5.91 Å². The standard InChI is InChI=1S/C20H22N4O2.HI/c1-13-16-5-3-4-6-17(16)26-18(13)12-24-20(22-2)23-11-14-7-9-15(10-8-14)19(21)25;/h3-10H,11-12H2,1-2H3,(H2,21,25)(H2,22,23,24);1H. The smallest absolute Gasteiger partial charge is 0.248 e. The number of nitrogens with two attached hydrogens (primary N) is 1. The van der Waals surface area contributed by atoms with Gasteiger partial charge >= 0.3 is 0 Å². The fourth-order valence-electron chi connectivity index (χ4n) is 2.75. The molecule has 0 unspecified atom stereocenters. The van der Waals surface area contributed by atoms with Gasteiger partial charge in [0, 0.05) is 30.1 Å². The van der Waals surface area contributed by atoms with E-state index in [2.05, 4.69) is 28.6 Å². The second-order valence-corrected chi connectivity index (χ2v) is 5.99. The first-order valence-electron chi connectivity index (χ1n) is 8.38. The molecule has 0 aliphatic carbocycles. The molecular weight excluding hydrogens is 455 g/mol. The number of guanidine groups is 1. The molecule has 142 valence electrons. The predicted molar refractivity (Wildman–Crippen MR) is 118 cm³/mol. The predicted octanol–water partition coefficient (Wildman–Crippen LogP) is 3.32. The summed E-state index contributed by atoms with van der Waals surface area (Å²) in [6.45, 7) is 3.18. The van der Waals surface area contributed by atoms with Gasteiger partial charge in [-0.2, -0.15) is 0 Å². The molecule has 0 radical (unpaired) electrons. The second kappa shape index (κ2) is 9.40. The van der Waals surface area contributed by atoms with E-state index < -0.39 is 5.91 Å². The van der Waals surface area contributed by atoms with Gasteiger partial charge in [0.15, 0.2) is 5.96 Å². The van der Waals surface area contributed by atoms with Crippen LogP contribution in [-0.4, -0.2) is 18.9 Å². The molecule has 0 saturated carbocycles. The van der Waals surface area contributed by atoms with Crippen molar-refractivity contribution in [3.8, 4) is 0 Å². The highest BCUT2D eigenvalue weighted by molar-refractivity contribution is 14.0. The van der Waals surface area contributed by atoms with Gasteiger partial charge < -0.3 is 20.8 Å². The van der Waals surface area contributed by atoms with Crippen LogP contribution < -0.4 is 16.4 Å². The van der Waals surface area contributed by atoms with Gasteiger partial charge in [0.1, 0.15) is 11.3 Å². The van der Waals surface area contributed by atoms with Crippen molar-refractivity contribution in [2.45, 2.75) is 20.0 Å². The number of carbonyl (C=O) groups is 1. The Morgan fingerprint density at radius 2 is 1.74 bits per heavy atom. The largest absolute Gasteiger partial charge is 0.459 e. The summed E-state index contributed by atoms with van der Waals surface area (Å²) in [5, 5.41) is 7.62. The summed E-state index contributed by atoms with van der Waals surface area (Å²) in [4.78, 5) is 15.3. The Bertz CT molecular complexity index is 948. The van der Waals surface area contributed by atoms with Crippen molar-refractivity contribution in [3.63, 3.8) is 0 Å². The van der Waals surface area contributed by atoms with Crippen molar-refractivity contribution < 1.29 is 9.21 Å². The Morgan fingerprint density at radius 1 is 1.07 bits per heavy atom. The van der Waals surface area contributed by atoms with Crippen molar-refractivity contribution in [1.29, 1.82) is 0 Å². The van der Waals surface area contributed by atoms with E-state index in [1.54, 1.807) is 19.2 Å². The van der Waals surface area contributed by atoms with E-state index in [1.165, 1.54) is 0 Å². The van der Waals surface area contributed by atoms with E-state index in [4.69, 9.17) is 10.2 Å². The van der Waals surface area contributed by atoms with Crippen LogP contribution in [0.1, 0.15) is 27.2 Å². The number of furan rings is 1. The molecular formula is C20H23IN4O2. The molecule has 0 aliphatic rings. The minimum Gasteiger partial charge on any atom is -0.459 e. The number of benzene rings is 2. The van der Waals surface area contributed by atoms with Crippen LogP contribution in [0.2, 0.25) is 0 Å². The first-order chi connectivity index (χ1) is 12.6. The average molecular weight is 478 g/mol. The SMILES string of the molecule is CN=C(NCc1ccc(C(N)=O)cc1)NCc1oc2ccccc2c1C.I. The second-order valence-electron chi connectivity index (χ2n) is 5.99. The van der Waals surface area contributed by atoms with Crippen LogP contribution >= 0.6 is 24.0 Å². The number of nitrogens with one attached hydrogen (secondary N) is 2. The van der Waals surface area contributed by atoms with Gasteiger partial charge in [-0.3, -0.25) is 9.79 Å². The number of hydrogen-bond donors (Lipinski definition) is 3. The quantitative estimate of drug-likeness (QED) is 0.298. The van der Waals surface area contributed by atoms with Crippen molar-refractivity contribution >= 4 is 46.8 Å². The maximum absolute atomic E-state index is 11.1. The van der Waals surface area contributed by atoms with E-state index in [-0.39, 0.29) is 24.0 Å². The number of primary amides is 1.